The van der Waals surface area contributed by atoms with Crippen molar-refractivity contribution in [2.75, 3.05) is 13.1 Å². The molecular formula is C18H22N6O4. The average Bonchev–Trinajstić information content (AvgIpc) is 2.63. The second kappa shape index (κ2) is 7.87. The lowest BCUT2D eigenvalue weighted by Crippen LogP contribution is -2.39. The minimum Gasteiger partial charge on any atom is -0.480 e. The maximum atomic E-state index is 12.7. The average molecular weight is 386 g/mol. The van der Waals surface area contributed by atoms with Crippen molar-refractivity contribution in [2.45, 2.75) is 32.9 Å². The van der Waals surface area contributed by atoms with Crippen LogP contribution in [0, 0.1) is 13.8 Å². The lowest BCUT2D eigenvalue weighted by atomic mass is 10.1. The molecule has 1 atom stereocenters. The summed E-state index contributed by atoms with van der Waals surface area (Å²) in [4.78, 5) is 47.1. The van der Waals surface area contributed by atoms with Gasteiger partial charge in [-0.15, -0.1) is 0 Å². The van der Waals surface area contributed by atoms with Gasteiger partial charge >= 0.3 is 11.7 Å². The van der Waals surface area contributed by atoms with E-state index in [1.807, 2.05) is 26.0 Å². The Morgan fingerprint density at radius 2 is 1.86 bits per heavy atom. The fourth-order valence-corrected chi connectivity index (χ4v) is 2.84. The predicted molar refractivity (Wildman–Crippen MR) is 104 cm³/mol. The van der Waals surface area contributed by atoms with E-state index in [2.05, 4.69) is 20.3 Å². The molecule has 0 spiro atoms. The Balaban J connectivity index is 1.84. The van der Waals surface area contributed by atoms with Crippen LogP contribution in [0.25, 0.3) is 22.2 Å². The molecule has 0 aliphatic rings. The molecule has 148 valence electrons. The van der Waals surface area contributed by atoms with Crippen molar-refractivity contribution in [1.29, 1.82) is 0 Å². The maximum absolute atomic E-state index is 12.7. The van der Waals surface area contributed by atoms with E-state index in [0.717, 1.165) is 15.7 Å². The van der Waals surface area contributed by atoms with Crippen molar-refractivity contribution in [3.8, 4) is 0 Å². The van der Waals surface area contributed by atoms with E-state index in [1.165, 1.54) is 0 Å². The summed E-state index contributed by atoms with van der Waals surface area (Å²) in [7, 11) is 0. The van der Waals surface area contributed by atoms with Crippen LogP contribution in [0.1, 0.15) is 17.5 Å². The predicted octanol–water partition coefficient (Wildman–Crippen LogP) is -0.359. The van der Waals surface area contributed by atoms with Gasteiger partial charge in [-0.3, -0.25) is 19.1 Å². The van der Waals surface area contributed by atoms with Gasteiger partial charge < -0.3 is 16.2 Å². The zero-order valence-corrected chi connectivity index (χ0v) is 15.7. The van der Waals surface area contributed by atoms with Gasteiger partial charge in [0.1, 0.15) is 6.04 Å². The normalized spacial score (nSPS) is 12.5. The topological polar surface area (TPSA) is 156 Å². The van der Waals surface area contributed by atoms with Crippen molar-refractivity contribution >= 4 is 28.2 Å². The molecular weight excluding hydrogens is 364 g/mol. The molecule has 0 aliphatic heterocycles. The van der Waals surface area contributed by atoms with Gasteiger partial charge in [0.05, 0.1) is 11.0 Å². The SMILES string of the molecule is Cc1cc2nc3[nH]c(=O)n(CCNCC[C@H](N)C(=O)O)c(=O)c3nc2cc1C. The fraction of sp³-hybridized carbons (Fsp3) is 0.389. The number of fused-ring (bicyclic) bond motifs is 2. The molecule has 0 amide bonds. The van der Waals surface area contributed by atoms with Crippen LogP contribution in [0.3, 0.4) is 0 Å². The number of hydrogen-bond acceptors (Lipinski definition) is 7. The van der Waals surface area contributed by atoms with E-state index >= 15 is 0 Å². The molecule has 1 aromatic carbocycles. The van der Waals surface area contributed by atoms with Crippen molar-refractivity contribution in [1.82, 2.24) is 24.8 Å². The number of carboxylic acids is 1. The highest BCUT2D eigenvalue weighted by atomic mass is 16.4. The molecule has 0 aliphatic carbocycles. The van der Waals surface area contributed by atoms with E-state index in [9.17, 15) is 14.4 Å². The van der Waals surface area contributed by atoms with E-state index in [4.69, 9.17) is 10.8 Å². The summed E-state index contributed by atoms with van der Waals surface area (Å²) in [6.07, 6.45) is 0.245. The van der Waals surface area contributed by atoms with Crippen LogP contribution >= 0.6 is 0 Å². The van der Waals surface area contributed by atoms with Gasteiger partial charge in [0.15, 0.2) is 11.2 Å². The van der Waals surface area contributed by atoms with E-state index in [-0.39, 0.29) is 24.1 Å². The molecule has 10 nitrogen and oxygen atoms in total. The standard InChI is InChI=1S/C18H22N6O4/c1-9-7-12-13(8-10(9)2)22-15-14(21-12)16(25)24(18(28)23-15)6-5-20-4-3-11(19)17(26)27/h7-8,11,20H,3-6,19H2,1-2H3,(H,26,27)(H,22,23,28)/t11-/m0/s1. The Morgan fingerprint density at radius 3 is 2.50 bits per heavy atom. The van der Waals surface area contributed by atoms with E-state index < -0.39 is 23.3 Å². The molecule has 28 heavy (non-hydrogen) atoms. The lowest BCUT2D eigenvalue weighted by Gasteiger charge is -2.09. The number of benzene rings is 1. The van der Waals surface area contributed by atoms with Crippen LogP contribution in [-0.4, -0.2) is 49.7 Å². The van der Waals surface area contributed by atoms with Gasteiger partial charge in [-0.1, -0.05) is 0 Å². The molecule has 0 bridgehead atoms. The fourth-order valence-electron chi connectivity index (χ4n) is 2.84. The third kappa shape index (κ3) is 3.92. The first-order chi connectivity index (χ1) is 13.3. The molecule has 3 aromatic rings. The van der Waals surface area contributed by atoms with E-state index in [0.29, 0.717) is 24.1 Å². The summed E-state index contributed by atoms with van der Waals surface area (Å²) in [6.45, 7) is 4.68. The van der Waals surface area contributed by atoms with E-state index in [1.54, 1.807) is 0 Å². The second-order valence-electron chi connectivity index (χ2n) is 6.72. The molecule has 0 saturated heterocycles. The zero-order chi connectivity index (χ0) is 20.4. The van der Waals surface area contributed by atoms with Crippen molar-refractivity contribution in [2.24, 2.45) is 5.73 Å². The molecule has 2 aromatic heterocycles. The van der Waals surface area contributed by atoms with Gasteiger partial charge in [-0.25, -0.2) is 14.8 Å². The number of aryl methyl sites for hydroxylation is 2. The Morgan fingerprint density at radius 1 is 1.21 bits per heavy atom. The second-order valence-corrected chi connectivity index (χ2v) is 6.72. The summed E-state index contributed by atoms with van der Waals surface area (Å²) in [5.41, 5.74) is 7.87. The first-order valence-electron chi connectivity index (χ1n) is 8.89. The Labute approximate surface area is 159 Å². The largest absolute Gasteiger partial charge is 0.480 e. The minimum atomic E-state index is -1.07. The van der Waals surface area contributed by atoms with Gasteiger partial charge in [0.2, 0.25) is 0 Å². The highest BCUT2D eigenvalue weighted by Gasteiger charge is 2.13. The van der Waals surface area contributed by atoms with Gasteiger partial charge in [-0.2, -0.15) is 0 Å². The highest BCUT2D eigenvalue weighted by Crippen LogP contribution is 2.17. The number of nitrogens with two attached hydrogens (primary N) is 1. The monoisotopic (exact) mass is 386 g/mol. The summed E-state index contributed by atoms with van der Waals surface area (Å²) >= 11 is 0. The summed E-state index contributed by atoms with van der Waals surface area (Å²) in [5.74, 6) is -1.07. The molecule has 0 radical (unpaired) electrons. The van der Waals surface area contributed by atoms with Crippen LogP contribution in [-0.2, 0) is 11.3 Å². The Hall–Kier alpha value is -3.11. The lowest BCUT2D eigenvalue weighted by molar-refractivity contribution is -0.138. The van der Waals surface area contributed by atoms with Gasteiger partial charge in [-0.05, 0) is 50.1 Å². The van der Waals surface area contributed by atoms with Crippen molar-refractivity contribution < 1.29 is 9.90 Å². The molecule has 3 rings (SSSR count). The van der Waals surface area contributed by atoms with Crippen molar-refractivity contribution in [3.05, 3.63) is 44.1 Å². The first kappa shape index (κ1) is 19.6. The van der Waals surface area contributed by atoms with Crippen LogP contribution in [0.15, 0.2) is 21.7 Å². The maximum Gasteiger partial charge on any atom is 0.330 e. The number of carboxylic acid groups (broad SMARTS) is 1. The third-order valence-electron chi connectivity index (χ3n) is 4.66. The summed E-state index contributed by atoms with van der Waals surface area (Å²) in [5, 5.41) is 11.7. The minimum absolute atomic E-state index is 0.100. The number of nitrogens with one attached hydrogen (secondary N) is 2. The molecule has 0 saturated carbocycles. The number of hydrogen-bond donors (Lipinski definition) is 4. The molecule has 0 fully saturated rings. The number of aromatic amines is 1. The number of nitrogens with zero attached hydrogens (tertiary/aromatic N) is 3. The third-order valence-corrected chi connectivity index (χ3v) is 4.66. The number of carbonyl (C=O) groups is 1. The molecule has 2 heterocycles. The number of rotatable bonds is 7. The van der Waals surface area contributed by atoms with Crippen LogP contribution in [0.2, 0.25) is 0 Å². The number of H-pyrrole nitrogens is 1. The van der Waals surface area contributed by atoms with Crippen LogP contribution in [0.5, 0.6) is 0 Å². The van der Waals surface area contributed by atoms with Crippen LogP contribution in [0.4, 0.5) is 0 Å². The number of aliphatic carboxylic acids is 1. The van der Waals surface area contributed by atoms with Crippen LogP contribution < -0.4 is 22.3 Å². The van der Waals surface area contributed by atoms with Crippen molar-refractivity contribution in [3.63, 3.8) is 0 Å². The summed E-state index contributed by atoms with van der Waals surface area (Å²) < 4.78 is 1.05. The summed E-state index contributed by atoms with van der Waals surface area (Å²) in [6, 6.07) is 2.78. The highest BCUT2D eigenvalue weighted by molar-refractivity contribution is 5.84. The van der Waals surface area contributed by atoms with Gasteiger partial charge in [0, 0.05) is 13.1 Å². The zero-order valence-electron chi connectivity index (χ0n) is 15.7. The first-order valence-corrected chi connectivity index (χ1v) is 8.89. The molecule has 0 unspecified atom stereocenters. The smallest absolute Gasteiger partial charge is 0.330 e. The molecule has 10 heteroatoms. The Bertz CT molecular complexity index is 1170. The molecule has 5 N–H and O–H groups in total. The number of aromatic nitrogens is 4. The quantitative estimate of drug-likeness (QED) is 0.317. The van der Waals surface area contributed by atoms with Gasteiger partial charge in [0.25, 0.3) is 5.56 Å². The Kier molecular flexibility index (Phi) is 5.52.